The summed E-state index contributed by atoms with van der Waals surface area (Å²) in [5.74, 6) is -2.14. The molecule has 0 spiro atoms. The highest BCUT2D eigenvalue weighted by Gasteiger charge is 2.32. The van der Waals surface area contributed by atoms with Gasteiger partial charge in [0, 0.05) is 12.1 Å². The summed E-state index contributed by atoms with van der Waals surface area (Å²) in [6, 6.07) is 14.9. The van der Waals surface area contributed by atoms with Crippen molar-refractivity contribution < 1.29 is 23.5 Å². The van der Waals surface area contributed by atoms with Crippen molar-refractivity contribution in [2.75, 3.05) is 11.9 Å². The molecule has 178 valence electrons. The number of benzene rings is 3. The number of rotatable bonds is 5. The molecule has 35 heavy (non-hydrogen) atoms. The number of aliphatic carboxylic acids is 1. The summed E-state index contributed by atoms with van der Waals surface area (Å²) in [5, 5.41) is 12.8. The number of hydrogen-bond donors (Lipinski definition) is 2. The average Bonchev–Trinajstić information content (AvgIpc) is 3.26. The normalized spacial score (nSPS) is 15.8. The fraction of sp³-hybridized carbons (Fsp3) is 0.192. The van der Waals surface area contributed by atoms with Crippen molar-refractivity contribution in [3.05, 3.63) is 77.9 Å². The SMILES string of the molecule is O=C(O)C1CCCCN1C(=O)c1ccc(-c2ccc(Nc3nc4ccc(F)cc4s3)c(F)c2)cc1. The molecule has 5 rings (SSSR count). The van der Waals surface area contributed by atoms with Crippen LogP contribution in [0.3, 0.4) is 0 Å². The van der Waals surface area contributed by atoms with Crippen LogP contribution in [0.1, 0.15) is 29.6 Å². The zero-order valence-corrected chi connectivity index (χ0v) is 19.3. The summed E-state index contributed by atoms with van der Waals surface area (Å²) < 4.78 is 28.9. The second kappa shape index (κ2) is 9.42. The zero-order valence-electron chi connectivity index (χ0n) is 18.5. The van der Waals surface area contributed by atoms with Gasteiger partial charge in [0.25, 0.3) is 5.91 Å². The molecule has 0 saturated carbocycles. The van der Waals surface area contributed by atoms with Crippen molar-refractivity contribution in [1.29, 1.82) is 0 Å². The lowest BCUT2D eigenvalue weighted by atomic mass is 9.99. The standard InChI is InChI=1S/C26H21F2N3O3S/c27-18-9-11-21-23(14-18)35-26(30-21)29-20-10-8-17(13-19(20)28)15-4-6-16(7-5-15)24(32)31-12-2-1-3-22(31)25(33)34/h4-11,13-14,22H,1-3,12H2,(H,29,30)(H,33,34). The number of nitrogens with one attached hydrogen (secondary N) is 1. The fourth-order valence-corrected chi connectivity index (χ4v) is 5.17. The summed E-state index contributed by atoms with van der Waals surface area (Å²) >= 11 is 1.23. The second-order valence-electron chi connectivity index (χ2n) is 8.38. The van der Waals surface area contributed by atoms with Crippen LogP contribution < -0.4 is 5.32 Å². The summed E-state index contributed by atoms with van der Waals surface area (Å²) in [4.78, 5) is 30.2. The highest BCUT2D eigenvalue weighted by atomic mass is 32.1. The molecule has 2 N–H and O–H groups in total. The van der Waals surface area contributed by atoms with Crippen molar-refractivity contribution in [3.8, 4) is 11.1 Å². The topological polar surface area (TPSA) is 82.5 Å². The molecule has 1 fully saturated rings. The van der Waals surface area contributed by atoms with Crippen molar-refractivity contribution in [3.63, 3.8) is 0 Å². The van der Waals surface area contributed by atoms with E-state index in [0.717, 1.165) is 18.4 Å². The number of amides is 1. The maximum atomic E-state index is 14.8. The Morgan fingerprint density at radius 1 is 1.00 bits per heavy atom. The second-order valence-corrected chi connectivity index (χ2v) is 9.41. The number of halogens is 2. The van der Waals surface area contributed by atoms with Gasteiger partial charge in [-0.15, -0.1) is 0 Å². The minimum Gasteiger partial charge on any atom is -0.480 e. The lowest BCUT2D eigenvalue weighted by molar-refractivity contribution is -0.143. The molecule has 2 heterocycles. The van der Waals surface area contributed by atoms with E-state index in [2.05, 4.69) is 10.3 Å². The Balaban J connectivity index is 1.32. The number of piperidine rings is 1. The van der Waals surface area contributed by atoms with Crippen LogP contribution in [0, 0.1) is 11.6 Å². The van der Waals surface area contributed by atoms with Gasteiger partial charge in [-0.1, -0.05) is 29.5 Å². The van der Waals surface area contributed by atoms with E-state index in [9.17, 15) is 23.5 Å². The Morgan fingerprint density at radius 2 is 1.77 bits per heavy atom. The fourth-order valence-electron chi connectivity index (χ4n) is 4.27. The van der Waals surface area contributed by atoms with Crippen molar-refractivity contribution >= 4 is 44.2 Å². The Kier molecular flexibility index (Phi) is 6.17. The van der Waals surface area contributed by atoms with E-state index < -0.39 is 17.8 Å². The van der Waals surface area contributed by atoms with E-state index in [4.69, 9.17) is 0 Å². The van der Waals surface area contributed by atoms with Gasteiger partial charge in [0.2, 0.25) is 0 Å². The molecule has 1 atom stereocenters. The first-order valence-corrected chi connectivity index (χ1v) is 12.0. The number of anilines is 2. The number of carboxylic acids is 1. The molecule has 9 heteroatoms. The Morgan fingerprint density at radius 3 is 2.51 bits per heavy atom. The molecule has 0 bridgehead atoms. The zero-order chi connectivity index (χ0) is 24.5. The monoisotopic (exact) mass is 493 g/mol. The van der Waals surface area contributed by atoms with E-state index in [1.165, 1.54) is 34.4 Å². The molecular formula is C26H21F2N3O3S. The molecule has 0 radical (unpaired) electrons. The van der Waals surface area contributed by atoms with Crippen LogP contribution >= 0.6 is 11.3 Å². The lowest BCUT2D eigenvalue weighted by Crippen LogP contribution is -2.47. The van der Waals surface area contributed by atoms with Crippen LogP contribution in [0.15, 0.2) is 60.7 Å². The van der Waals surface area contributed by atoms with Gasteiger partial charge in [-0.2, -0.15) is 0 Å². The van der Waals surface area contributed by atoms with Gasteiger partial charge in [0.05, 0.1) is 15.9 Å². The number of hydrogen-bond acceptors (Lipinski definition) is 5. The van der Waals surface area contributed by atoms with Crippen molar-refractivity contribution in [2.45, 2.75) is 25.3 Å². The smallest absolute Gasteiger partial charge is 0.326 e. The summed E-state index contributed by atoms with van der Waals surface area (Å²) in [7, 11) is 0. The molecule has 1 amide bonds. The minimum absolute atomic E-state index is 0.241. The van der Waals surface area contributed by atoms with E-state index in [1.807, 2.05) is 0 Å². The van der Waals surface area contributed by atoms with Gasteiger partial charge in [-0.3, -0.25) is 4.79 Å². The molecule has 0 aliphatic carbocycles. The van der Waals surface area contributed by atoms with Gasteiger partial charge in [0.1, 0.15) is 17.7 Å². The predicted molar refractivity (Wildman–Crippen MR) is 131 cm³/mol. The Labute approximate surface area is 203 Å². The van der Waals surface area contributed by atoms with Crippen LogP contribution in [-0.4, -0.2) is 39.5 Å². The van der Waals surface area contributed by atoms with Gasteiger partial charge in [-0.25, -0.2) is 18.6 Å². The number of aromatic nitrogens is 1. The quantitative estimate of drug-likeness (QED) is 0.353. The van der Waals surface area contributed by atoms with Gasteiger partial charge >= 0.3 is 5.97 Å². The molecule has 1 aliphatic rings. The average molecular weight is 494 g/mol. The third-order valence-electron chi connectivity index (χ3n) is 6.08. The van der Waals surface area contributed by atoms with Gasteiger partial charge in [-0.05, 0) is 72.9 Å². The van der Waals surface area contributed by atoms with Crippen LogP contribution in [0.25, 0.3) is 21.3 Å². The number of thiazole rings is 1. The first-order chi connectivity index (χ1) is 16.9. The first-order valence-electron chi connectivity index (χ1n) is 11.2. The van der Waals surface area contributed by atoms with Gasteiger partial charge in [0.15, 0.2) is 5.13 Å². The van der Waals surface area contributed by atoms with Crippen LogP contribution in [0.5, 0.6) is 0 Å². The highest BCUT2D eigenvalue weighted by molar-refractivity contribution is 7.22. The number of carbonyl (C=O) groups is 2. The molecule has 4 aromatic rings. The van der Waals surface area contributed by atoms with Crippen molar-refractivity contribution in [1.82, 2.24) is 9.88 Å². The van der Waals surface area contributed by atoms with Gasteiger partial charge < -0.3 is 15.3 Å². The van der Waals surface area contributed by atoms with Crippen LogP contribution in [0.4, 0.5) is 19.6 Å². The third kappa shape index (κ3) is 4.72. The minimum atomic E-state index is -0.989. The summed E-state index contributed by atoms with van der Waals surface area (Å²) in [6.45, 7) is 0.417. The third-order valence-corrected chi connectivity index (χ3v) is 7.01. The van der Waals surface area contributed by atoms with E-state index in [-0.39, 0.29) is 17.4 Å². The lowest BCUT2D eigenvalue weighted by Gasteiger charge is -2.33. The van der Waals surface area contributed by atoms with E-state index in [1.54, 1.807) is 42.5 Å². The largest absolute Gasteiger partial charge is 0.480 e. The van der Waals surface area contributed by atoms with Crippen LogP contribution in [-0.2, 0) is 4.79 Å². The predicted octanol–water partition coefficient (Wildman–Crippen LogP) is 6.06. The molecular weight excluding hydrogens is 472 g/mol. The molecule has 6 nitrogen and oxygen atoms in total. The number of fused-ring (bicyclic) bond motifs is 1. The molecule has 1 aromatic heterocycles. The number of carbonyl (C=O) groups excluding carboxylic acids is 1. The number of likely N-dealkylation sites (tertiary alicyclic amines) is 1. The maximum Gasteiger partial charge on any atom is 0.326 e. The Bertz CT molecular complexity index is 1420. The molecule has 1 saturated heterocycles. The van der Waals surface area contributed by atoms with Crippen molar-refractivity contribution in [2.24, 2.45) is 0 Å². The van der Waals surface area contributed by atoms with Crippen LogP contribution in [0.2, 0.25) is 0 Å². The number of nitrogens with zero attached hydrogens (tertiary/aromatic N) is 2. The highest BCUT2D eigenvalue weighted by Crippen LogP contribution is 2.31. The van der Waals surface area contributed by atoms with E-state index >= 15 is 0 Å². The molecule has 1 unspecified atom stereocenters. The molecule has 1 aliphatic heterocycles. The Hall–Kier alpha value is -3.85. The molecule has 3 aromatic carbocycles. The number of carboxylic acid groups (broad SMARTS) is 1. The first kappa shape index (κ1) is 22.9. The summed E-state index contributed by atoms with van der Waals surface area (Å²) in [6.07, 6.45) is 2.02. The maximum absolute atomic E-state index is 14.8. The van der Waals surface area contributed by atoms with E-state index in [0.29, 0.717) is 39.4 Å². The summed E-state index contributed by atoms with van der Waals surface area (Å²) in [5.41, 5.74) is 2.61.